The fourth-order valence-electron chi connectivity index (χ4n) is 3.76. The van der Waals surface area contributed by atoms with Crippen LogP contribution < -0.4 is 0 Å². The molecule has 7 unspecified atom stereocenters. The van der Waals surface area contributed by atoms with E-state index in [0.717, 1.165) is 6.42 Å². The van der Waals surface area contributed by atoms with Crippen LogP contribution in [0.2, 0.25) is 0 Å². The molecule has 3 aliphatic rings. The third-order valence-corrected chi connectivity index (χ3v) is 4.95. The Labute approximate surface area is 150 Å². The standard InChI is InChI=1S/C14H21O2.W.Y/c1-8-4-10-11(5-9(8)2)13-14(3,7-15)6-12(10)16-13;;/h4-5,8-13,15H,3,6-7H2,1-2H3;;/q-3;+2;. The summed E-state index contributed by atoms with van der Waals surface area (Å²) in [5.41, 5.74) is -0.254. The van der Waals surface area contributed by atoms with E-state index in [9.17, 15) is 5.11 Å². The Morgan fingerprint density at radius 1 is 1.28 bits per heavy atom. The first kappa shape index (κ1) is 17.8. The molecule has 0 aromatic rings. The van der Waals surface area contributed by atoms with Crippen LogP contribution in [0.25, 0.3) is 0 Å². The van der Waals surface area contributed by atoms with Crippen LogP contribution in [0.4, 0.5) is 0 Å². The summed E-state index contributed by atoms with van der Waals surface area (Å²) in [5.74, 6) is 2.32. The van der Waals surface area contributed by atoms with Gasteiger partial charge < -0.3 is 29.6 Å². The summed E-state index contributed by atoms with van der Waals surface area (Å²) in [6.07, 6.45) is 6.26. The van der Waals surface area contributed by atoms with Crippen LogP contribution in [0.3, 0.4) is 0 Å². The second-order valence-electron chi connectivity index (χ2n) is 6.08. The molecule has 0 aromatic heterocycles. The van der Waals surface area contributed by atoms with Crippen molar-refractivity contribution in [2.24, 2.45) is 29.1 Å². The summed E-state index contributed by atoms with van der Waals surface area (Å²) in [7, 11) is 0. The third-order valence-electron chi connectivity index (χ3n) is 4.95. The first-order chi connectivity index (χ1) is 7.55. The van der Waals surface area contributed by atoms with Crippen LogP contribution >= 0.6 is 0 Å². The molecule has 7 atom stereocenters. The summed E-state index contributed by atoms with van der Waals surface area (Å²) >= 11 is 0. The van der Waals surface area contributed by atoms with Crippen LogP contribution in [0, 0.1) is 48.9 Å². The molecule has 2 heterocycles. The number of ether oxygens (including phenoxy) is 1. The van der Waals surface area contributed by atoms with E-state index >= 15 is 0 Å². The largest absolute Gasteiger partial charge is 2.00 e. The van der Waals surface area contributed by atoms with E-state index in [2.05, 4.69) is 33.6 Å². The Kier molecular flexibility index (Phi) is 6.14. The predicted molar refractivity (Wildman–Crippen MR) is 62.1 cm³/mol. The van der Waals surface area contributed by atoms with E-state index in [4.69, 9.17) is 4.74 Å². The maximum atomic E-state index is 9.49. The molecule has 99 valence electrons. The molecule has 1 N–H and O–H groups in total. The number of hydrogen-bond acceptors (Lipinski definition) is 2. The van der Waals surface area contributed by atoms with Crippen molar-refractivity contribution in [2.45, 2.75) is 32.5 Å². The minimum atomic E-state index is -0.254. The number of hydrogen-bond donors (Lipinski definition) is 1. The molecular weight excluding hydrogens is 473 g/mol. The number of aliphatic hydroxyl groups excluding tert-OH is 1. The SMILES string of the molecule is [CH2-]C1(CO)CC2OC1C1[CH-]C(C)C(C)[CH-]C21.[W+2].[Y]. The van der Waals surface area contributed by atoms with Gasteiger partial charge in [0.1, 0.15) is 0 Å². The maximum Gasteiger partial charge on any atom is 2.00 e. The molecule has 2 nitrogen and oxygen atoms in total. The molecule has 0 aromatic carbocycles. The van der Waals surface area contributed by atoms with Gasteiger partial charge in [-0.3, -0.25) is 0 Å². The monoisotopic (exact) mass is 494 g/mol. The quantitative estimate of drug-likeness (QED) is 0.565. The second-order valence-corrected chi connectivity index (χ2v) is 6.08. The van der Waals surface area contributed by atoms with Crippen LogP contribution in [0.15, 0.2) is 0 Å². The smallest absolute Gasteiger partial charge is 0.398 e. The Bertz CT molecular complexity index is 302. The van der Waals surface area contributed by atoms with Crippen LogP contribution in [-0.4, -0.2) is 23.9 Å². The molecule has 0 spiro atoms. The first-order valence-corrected chi connectivity index (χ1v) is 6.37. The van der Waals surface area contributed by atoms with Crippen molar-refractivity contribution in [3.63, 3.8) is 0 Å². The van der Waals surface area contributed by atoms with Gasteiger partial charge in [0.05, 0.1) is 0 Å². The van der Waals surface area contributed by atoms with Gasteiger partial charge in [-0.15, -0.1) is 5.41 Å². The Balaban J connectivity index is 0.000000810. The first-order valence-electron chi connectivity index (χ1n) is 6.37. The van der Waals surface area contributed by atoms with Gasteiger partial charge in [0, 0.05) is 51.5 Å². The number of fused-ring (bicyclic) bond motifs is 5. The Hall–Kier alpha value is 1.71. The zero-order valence-electron chi connectivity index (χ0n) is 11.1. The number of rotatable bonds is 1. The van der Waals surface area contributed by atoms with Crippen molar-refractivity contribution in [2.75, 3.05) is 6.61 Å². The normalized spacial score (nSPS) is 53.3. The summed E-state index contributed by atoms with van der Waals surface area (Å²) < 4.78 is 6.04. The molecule has 1 aliphatic carbocycles. The summed E-state index contributed by atoms with van der Waals surface area (Å²) in [6.45, 7) is 8.90. The second kappa shape index (κ2) is 6.22. The van der Waals surface area contributed by atoms with E-state index in [0.29, 0.717) is 29.8 Å². The summed E-state index contributed by atoms with van der Waals surface area (Å²) in [4.78, 5) is 0. The molecule has 2 saturated heterocycles. The maximum absolute atomic E-state index is 9.49. The van der Waals surface area contributed by atoms with Crippen molar-refractivity contribution in [1.29, 1.82) is 0 Å². The van der Waals surface area contributed by atoms with Crippen molar-refractivity contribution in [3.8, 4) is 0 Å². The fourth-order valence-corrected chi connectivity index (χ4v) is 3.76. The molecule has 18 heavy (non-hydrogen) atoms. The fraction of sp³-hybridized carbons (Fsp3) is 0.786. The van der Waals surface area contributed by atoms with Crippen molar-refractivity contribution in [1.82, 2.24) is 0 Å². The average Bonchev–Trinajstić information content (AvgIpc) is 2.75. The topological polar surface area (TPSA) is 29.5 Å². The van der Waals surface area contributed by atoms with E-state index in [1.54, 1.807) is 0 Å². The van der Waals surface area contributed by atoms with Crippen LogP contribution in [0.5, 0.6) is 0 Å². The molecule has 0 amide bonds. The van der Waals surface area contributed by atoms with E-state index < -0.39 is 0 Å². The third kappa shape index (κ3) is 2.59. The van der Waals surface area contributed by atoms with Gasteiger partial charge in [0.15, 0.2) is 0 Å². The van der Waals surface area contributed by atoms with Crippen molar-refractivity contribution >= 4 is 0 Å². The Morgan fingerprint density at radius 2 is 1.83 bits per heavy atom. The van der Waals surface area contributed by atoms with E-state index in [1.807, 2.05) is 0 Å². The summed E-state index contributed by atoms with van der Waals surface area (Å²) in [5, 5.41) is 9.49. The number of aliphatic hydroxyl groups is 1. The molecular formula is C14H21O2WY-. The molecule has 1 saturated carbocycles. The molecule has 3 rings (SSSR count). The molecule has 3 fully saturated rings. The van der Waals surface area contributed by atoms with Gasteiger partial charge >= 0.3 is 21.1 Å². The van der Waals surface area contributed by atoms with E-state index in [-0.39, 0.29) is 71.9 Å². The molecule has 2 aliphatic heterocycles. The molecule has 4 heteroatoms. The van der Waals surface area contributed by atoms with Gasteiger partial charge in [0.25, 0.3) is 0 Å². The minimum Gasteiger partial charge on any atom is -0.398 e. The van der Waals surface area contributed by atoms with Crippen molar-refractivity contribution in [3.05, 3.63) is 19.8 Å². The van der Waals surface area contributed by atoms with Gasteiger partial charge in [-0.05, 0) is 6.42 Å². The predicted octanol–water partition coefficient (Wildman–Crippen LogP) is 1.89. The zero-order chi connectivity index (χ0) is 11.5. The Morgan fingerprint density at radius 3 is 2.39 bits per heavy atom. The van der Waals surface area contributed by atoms with Crippen LogP contribution in [0.1, 0.15) is 20.3 Å². The van der Waals surface area contributed by atoms with Crippen LogP contribution in [-0.2, 0) is 58.5 Å². The van der Waals surface area contributed by atoms with Crippen molar-refractivity contribution < 1.29 is 63.6 Å². The van der Waals surface area contributed by atoms with Gasteiger partial charge in [-0.2, -0.15) is 23.7 Å². The zero-order valence-corrected chi connectivity index (χ0v) is 16.9. The summed E-state index contributed by atoms with van der Waals surface area (Å²) in [6, 6.07) is 0. The molecule has 2 bridgehead atoms. The molecule has 1 radical (unpaired) electrons. The van der Waals surface area contributed by atoms with E-state index in [1.165, 1.54) is 0 Å². The minimum absolute atomic E-state index is 0. The van der Waals surface area contributed by atoms with Gasteiger partial charge in [0.2, 0.25) is 0 Å². The van der Waals surface area contributed by atoms with Gasteiger partial charge in [-0.25, -0.2) is 0 Å². The average molecular weight is 494 g/mol. The van der Waals surface area contributed by atoms with Gasteiger partial charge in [-0.1, -0.05) is 13.8 Å².